The molecule has 1 aliphatic rings. The highest BCUT2D eigenvalue weighted by atomic mass is 16.7. The number of aliphatic carboxylic acids is 1. The van der Waals surface area contributed by atoms with E-state index in [1.807, 2.05) is 0 Å². The maximum absolute atomic E-state index is 12.2. The number of carboxylic acids is 1. The summed E-state index contributed by atoms with van der Waals surface area (Å²) < 4.78 is 16.0. The summed E-state index contributed by atoms with van der Waals surface area (Å²) in [5, 5.41) is 67.6. The molecule has 0 spiro atoms. The lowest BCUT2D eigenvalue weighted by molar-refractivity contribution is -0.277. The van der Waals surface area contributed by atoms with Crippen LogP contribution in [0, 0.1) is 0 Å². The van der Waals surface area contributed by atoms with Crippen LogP contribution in [0.5, 0.6) is 23.0 Å². The third kappa shape index (κ3) is 5.74. The number of carbonyl (C=O) groups is 2. The first-order valence-electron chi connectivity index (χ1n) is 9.86. The van der Waals surface area contributed by atoms with E-state index >= 15 is 0 Å². The SMILES string of the molecule is O=C(O)C=Cc1ccc(O[C@@H]2O[C@H](COC(=O)c3cc(O)c(O)c(O)c3)[C@@H](O)[C@H](O)[C@H]2O)cc1. The van der Waals surface area contributed by atoms with Gasteiger partial charge in [0.15, 0.2) is 17.2 Å². The van der Waals surface area contributed by atoms with Crippen LogP contribution in [-0.4, -0.2) is 85.0 Å². The van der Waals surface area contributed by atoms with Gasteiger partial charge in [-0.3, -0.25) is 0 Å². The van der Waals surface area contributed by atoms with Gasteiger partial charge >= 0.3 is 11.9 Å². The molecule has 0 saturated carbocycles. The number of aliphatic hydroxyl groups excluding tert-OH is 3. The lowest BCUT2D eigenvalue weighted by atomic mass is 9.99. The number of phenolic OH excluding ortho intramolecular Hbond substituents is 3. The van der Waals surface area contributed by atoms with Gasteiger partial charge in [0.25, 0.3) is 0 Å². The summed E-state index contributed by atoms with van der Waals surface area (Å²) in [7, 11) is 0. The maximum atomic E-state index is 12.2. The van der Waals surface area contributed by atoms with Gasteiger partial charge in [0, 0.05) is 6.08 Å². The van der Waals surface area contributed by atoms with Gasteiger partial charge in [-0.1, -0.05) is 12.1 Å². The van der Waals surface area contributed by atoms with Crippen LogP contribution in [0.1, 0.15) is 15.9 Å². The minimum atomic E-state index is -1.71. The van der Waals surface area contributed by atoms with Crippen molar-refractivity contribution in [2.45, 2.75) is 30.7 Å². The van der Waals surface area contributed by atoms with Crippen molar-refractivity contribution in [2.75, 3.05) is 6.61 Å². The number of aromatic hydroxyl groups is 3. The standard InChI is InChI=1S/C22H22O12/c23-13-7-11(8-14(24)17(13)27)21(31)32-9-15-18(28)19(29)20(30)22(34-15)33-12-4-1-10(2-5-12)3-6-16(25)26/h1-8,15,18-20,22-24,27-30H,9H2,(H,25,26)/t15-,18-,19+,20-,22-/m1/s1. The van der Waals surface area contributed by atoms with Crippen LogP contribution in [0.25, 0.3) is 6.08 Å². The molecule has 0 aromatic heterocycles. The van der Waals surface area contributed by atoms with E-state index < -0.39 is 66.5 Å². The van der Waals surface area contributed by atoms with Crippen molar-refractivity contribution in [3.8, 4) is 23.0 Å². The highest BCUT2D eigenvalue weighted by Gasteiger charge is 2.45. The van der Waals surface area contributed by atoms with Crippen LogP contribution in [0.3, 0.4) is 0 Å². The van der Waals surface area contributed by atoms with Crippen molar-refractivity contribution >= 4 is 18.0 Å². The number of rotatable bonds is 7. The first kappa shape index (κ1) is 24.8. The van der Waals surface area contributed by atoms with E-state index in [4.69, 9.17) is 19.3 Å². The molecule has 1 fully saturated rings. The molecule has 0 unspecified atom stereocenters. The molecule has 0 aliphatic carbocycles. The second-order valence-corrected chi connectivity index (χ2v) is 7.33. The molecular weight excluding hydrogens is 456 g/mol. The third-order valence-electron chi connectivity index (χ3n) is 4.90. The number of carboxylic acid groups (broad SMARTS) is 1. The molecule has 1 aliphatic heterocycles. The normalized spacial score (nSPS) is 24.6. The van der Waals surface area contributed by atoms with E-state index in [0.29, 0.717) is 5.56 Å². The van der Waals surface area contributed by atoms with Crippen molar-refractivity contribution in [3.05, 3.63) is 53.6 Å². The Bertz CT molecular complexity index is 1040. The van der Waals surface area contributed by atoms with Gasteiger partial charge in [0.05, 0.1) is 5.56 Å². The monoisotopic (exact) mass is 478 g/mol. The molecule has 2 aromatic rings. The Hall–Kier alpha value is -3.84. The zero-order valence-corrected chi connectivity index (χ0v) is 17.4. The van der Waals surface area contributed by atoms with Gasteiger partial charge in [-0.15, -0.1) is 0 Å². The molecule has 5 atom stereocenters. The van der Waals surface area contributed by atoms with Crippen molar-refractivity contribution in [2.24, 2.45) is 0 Å². The highest BCUT2D eigenvalue weighted by molar-refractivity contribution is 5.91. The fourth-order valence-electron chi connectivity index (χ4n) is 3.07. The molecule has 34 heavy (non-hydrogen) atoms. The molecule has 182 valence electrons. The molecule has 0 amide bonds. The Morgan fingerprint density at radius 3 is 2.15 bits per heavy atom. The molecule has 7 N–H and O–H groups in total. The molecule has 1 saturated heterocycles. The van der Waals surface area contributed by atoms with Crippen molar-refractivity contribution < 1.29 is 59.5 Å². The number of ether oxygens (including phenoxy) is 3. The van der Waals surface area contributed by atoms with E-state index in [-0.39, 0.29) is 11.3 Å². The number of aliphatic hydroxyl groups is 3. The predicted molar refractivity (Wildman–Crippen MR) is 112 cm³/mol. The van der Waals surface area contributed by atoms with Crippen LogP contribution in [0.2, 0.25) is 0 Å². The smallest absolute Gasteiger partial charge is 0.338 e. The summed E-state index contributed by atoms with van der Waals surface area (Å²) in [5.74, 6) is -4.27. The van der Waals surface area contributed by atoms with Crippen LogP contribution < -0.4 is 4.74 Å². The zero-order valence-electron chi connectivity index (χ0n) is 17.4. The first-order valence-corrected chi connectivity index (χ1v) is 9.86. The topological polar surface area (TPSA) is 203 Å². The minimum absolute atomic E-state index is 0.200. The van der Waals surface area contributed by atoms with Crippen molar-refractivity contribution in [1.82, 2.24) is 0 Å². The Morgan fingerprint density at radius 1 is 0.941 bits per heavy atom. The minimum Gasteiger partial charge on any atom is -0.504 e. The number of hydrogen-bond donors (Lipinski definition) is 7. The molecule has 12 heteroatoms. The van der Waals surface area contributed by atoms with Crippen molar-refractivity contribution in [1.29, 1.82) is 0 Å². The molecule has 0 bridgehead atoms. The second-order valence-electron chi connectivity index (χ2n) is 7.33. The van der Waals surface area contributed by atoms with Gasteiger partial charge < -0.3 is 50.0 Å². The first-order chi connectivity index (χ1) is 16.1. The predicted octanol–water partition coefficient (Wildman–Crippen LogP) is -0.0554. The number of phenols is 3. The Kier molecular flexibility index (Phi) is 7.58. The fraction of sp³-hybridized carbons (Fsp3) is 0.273. The van der Waals surface area contributed by atoms with E-state index in [2.05, 4.69) is 0 Å². The second kappa shape index (κ2) is 10.4. The van der Waals surface area contributed by atoms with Crippen molar-refractivity contribution in [3.63, 3.8) is 0 Å². The quantitative estimate of drug-likeness (QED) is 0.159. The Labute approximate surface area is 192 Å². The lowest BCUT2D eigenvalue weighted by Gasteiger charge is -2.39. The molecule has 3 rings (SSSR count). The molecular formula is C22H22O12. The molecule has 0 radical (unpaired) electrons. The van der Waals surface area contributed by atoms with Gasteiger partial charge in [-0.2, -0.15) is 0 Å². The maximum Gasteiger partial charge on any atom is 0.338 e. The number of benzene rings is 2. The van der Waals surface area contributed by atoms with Gasteiger partial charge in [0.1, 0.15) is 36.8 Å². The summed E-state index contributed by atoms with van der Waals surface area (Å²) >= 11 is 0. The average Bonchev–Trinajstić information content (AvgIpc) is 2.81. The largest absolute Gasteiger partial charge is 0.504 e. The average molecular weight is 478 g/mol. The van der Waals surface area contributed by atoms with Crippen LogP contribution >= 0.6 is 0 Å². The van der Waals surface area contributed by atoms with Crippen LogP contribution in [0.15, 0.2) is 42.5 Å². The Balaban J connectivity index is 1.65. The summed E-state index contributed by atoms with van der Waals surface area (Å²) in [5.41, 5.74) is 0.259. The fourth-order valence-corrected chi connectivity index (χ4v) is 3.07. The number of carbonyl (C=O) groups excluding carboxylic acids is 1. The number of esters is 1. The van der Waals surface area contributed by atoms with Gasteiger partial charge in [-0.25, -0.2) is 9.59 Å². The van der Waals surface area contributed by atoms with E-state index in [0.717, 1.165) is 18.2 Å². The zero-order chi connectivity index (χ0) is 25.0. The van der Waals surface area contributed by atoms with Gasteiger partial charge in [0.2, 0.25) is 6.29 Å². The summed E-state index contributed by atoms with van der Waals surface area (Å²) in [6.45, 7) is -0.592. The molecule has 12 nitrogen and oxygen atoms in total. The van der Waals surface area contributed by atoms with E-state index in [9.17, 15) is 40.2 Å². The van der Waals surface area contributed by atoms with E-state index in [1.54, 1.807) is 0 Å². The summed E-state index contributed by atoms with van der Waals surface area (Å²) in [4.78, 5) is 22.8. The Morgan fingerprint density at radius 2 is 1.56 bits per heavy atom. The highest BCUT2D eigenvalue weighted by Crippen LogP contribution is 2.35. The molecule has 2 aromatic carbocycles. The molecule has 1 heterocycles. The van der Waals surface area contributed by atoms with Gasteiger partial charge in [-0.05, 0) is 35.9 Å². The van der Waals surface area contributed by atoms with E-state index in [1.165, 1.54) is 30.3 Å². The van der Waals surface area contributed by atoms with Crippen LogP contribution in [0.4, 0.5) is 0 Å². The number of hydrogen-bond acceptors (Lipinski definition) is 11. The summed E-state index contributed by atoms with van der Waals surface area (Å²) in [6, 6.07) is 7.72. The summed E-state index contributed by atoms with van der Waals surface area (Å²) in [6.07, 6.45) is -5.46. The third-order valence-corrected chi connectivity index (χ3v) is 4.90. The van der Waals surface area contributed by atoms with Crippen LogP contribution in [-0.2, 0) is 14.3 Å². The lowest BCUT2D eigenvalue weighted by Crippen LogP contribution is -2.60.